The summed E-state index contributed by atoms with van der Waals surface area (Å²) in [6, 6.07) is 0.984. The Hall–Kier alpha value is -2.06. The van der Waals surface area contributed by atoms with E-state index in [0.29, 0.717) is 0 Å². The van der Waals surface area contributed by atoms with E-state index in [4.69, 9.17) is 10.8 Å². The highest BCUT2D eigenvalue weighted by Crippen LogP contribution is 2.24. The zero-order valence-corrected chi connectivity index (χ0v) is 8.83. The van der Waals surface area contributed by atoms with E-state index in [1.54, 1.807) is 0 Å². The SMILES string of the molecule is Nc1cc(C(=O)O)cnc1NCC(F)(F)C(F)F. The molecule has 0 aliphatic carbocycles. The number of nitrogens with one attached hydrogen (secondary N) is 1. The van der Waals surface area contributed by atoms with Gasteiger partial charge in [-0.2, -0.15) is 8.78 Å². The maximum atomic E-state index is 12.6. The van der Waals surface area contributed by atoms with Crippen molar-refractivity contribution < 1.29 is 27.5 Å². The minimum atomic E-state index is -4.22. The van der Waals surface area contributed by atoms with E-state index in [-0.39, 0.29) is 17.1 Å². The Kier molecular flexibility index (Phi) is 3.94. The van der Waals surface area contributed by atoms with E-state index in [1.807, 2.05) is 5.32 Å². The van der Waals surface area contributed by atoms with E-state index >= 15 is 0 Å². The average Bonchev–Trinajstić information content (AvgIpc) is 2.26. The number of nitrogens with zero attached hydrogens (tertiary/aromatic N) is 1. The molecule has 4 N–H and O–H groups in total. The number of aromatic carboxylic acids is 1. The van der Waals surface area contributed by atoms with Crippen LogP contribution in [-0.2, 0) is 0 Å². The minimum Gasteiger partial charge on any atom is -0.478 e. The smallest absolute Gasteiger partial charge is 0.337 e. The molecular formula is C9H9F4N3O2. The topological polar surface area (TPSA) is 88.2 Å². The molecule has 1 aromatic heterocycles. The Bertz CT molecular complexity index is 453. The minimum absolute atomic E-state index is 0.222. The number of alkyl halides is 4. The van der Waals surface area contributed by atoms with Gasteiger partial charge in [0.2, 0.25) is 0 Å². The van der Waals surface area contributed by atoms with Crippen LogP contribution in [0.15, 0.2) is 12.3 Å². The van der Waals surface area contributed by atoms with Crippen LogP contribution in [0.3, 0.4) is 0 Å². The van der Waals surface area contributed by atoms with Crippen molar-refractivity contribution in [3.8, 4) is 0 Å². The molecule has 0 amide bonds. The molecule has 1 heterocycles. The molecule has 0 saturated heterocycles. The lowest BCUT2D eigenvalue weighted by Crippen LogP contribution is -2.35. The molecule has 0 radical (unpaired) electrons. The van der Waals surface area contributed by atoms with Crippen LogP contribution in [0.4, 0.5) is 29.1 Å². The molecule has 5 nitrogen and oxygen atoms in total. The van der Waals surface area contributed by atoms with Gasteiger partial charge in [0.1, 0.15) is 5.82 Å². The molecule has 0 spiro atoms. The Morgan fingerprint density at radius 3 is 2.61 bits per heavy atom. The van der Waals surface area contributed by atoms with Gasteiger partial charge in [0.25, 0.3) is 0 Å². The summed E-state index contributed by atoms with van der Waals surface area (Å²) in [5.74, 6) is -5.79. The van der Waals surface area contributed by atoms with Gasteiger partial charge in [-0.25, -0.2) is 18.6 Å². The van der Waals surface area contributed by atoms with E-state index in [0.717, 1.165) is 12.3 Å². The van der Waals surface area contributed by atoms with E-state index in [2.05, 4.69) is 4.98 Å². The molecule has 18 heavy (non-hydrogen) atoms. The fourth-order valence-electron chi connectivity index (χ4n) is 1.03. The van der Waals surface area contributed by atoms with Crippen molar-refractivity contribution >= 4 is 17.5 Å². The maximum Gasteiger partial charge on any atom is 0.337 e. The molecular weight excluding hydrogens is 258 g/mol. The number of anilines is 2. The van der Waals surface area contributed by atoms with Crippen LogP contribution in [0.5, 0.6) is 0 Å². The van der Waals surface area contributed by atoms with Crippen LogP contribution in [0.25, 0.3) is 0 Å². The summed E-state index contributed by atoms with van der Waals surface area (Å²) in [4.78, 5) is 14.0. The number of carbonyl (C=O) groups is 1. The molecule has 1 aromatic rings. The van der Waals surface area contributed by atoms with E-state index < -0.39 is 24.9 Å². The fourth-order valence-corrected chi connectivity index (χ4v) is 1.03. The van der Waals surface area contributed by atoms with E-state index in [9.17, 15) is 22.4 Å². The zero-order chi connectivity index (χ0) is 13.9. The third-order valence-corrected chi connectivity index (χ3v) is 1.97. The van der Waals surface area contributed by atoms with Gasteiger partial charge in [0.15, 0.2) is 0 Å². The average molecular weight is 267 g/mol. The lowest BCUT2D eigenvalue weighted by molar-refractivity contribution is -0.117. The molecule has 9 heteroatoms. The van der Waals surface area contributed by atoms with Gasteiger partial charge in [-0.05, 0) is 6.07 Å². The Balaban J connectivity index is 2.78. The van der Waals surface area contributed by atoms with Gasteiger partial charge < -0.3 is 16.2 Å². The quantitative estimate of drug-likeness (QED) is 0.706. The Labute approximate surface area is 98.6 Å². The first-order valence-electron chi connectivity index (χ1n) is 4.62. The highest BCUT2D eigenvalue weighted by atomic mass is 19.3. The number of carboxylic acid groups (broad SMARTS) is 1. The molecule has 0 unspecified atom stereocenters. The van der Waals surface area contributed by atoms with Gasteiger partial charge in [-0.15, -0.1) is 0 Å². The first-order valence-corrected chi connectivity index (χ1v) is 4.62. The molecule has 0 fully saturated rings. The summed E-state index contributed by atoms with van der Waals surface area (Å²) in [5, 5.41) is 10.5. The second-order valence-corrected chi connectivity index (χ2v) is 3.38. The number of nitrogen functional groups attached to an aromatic ring is 1. The molecule has 1 rings (SSSR count). The van der Waals surface area contributed by atoms with Crippen LogP contribution in [0.2, 0.25) is 0 Å². The van der Waals surface area contributed by atoms with Crippen molar-refractivity contribution in [2.75, 3.05) is 17.6 Å². The maximum absolute atomic E-state index is 12.6. The van der Waals surface area contributed by atoms with Gasteiger partial charge in [0.05, 0.1) is 17.8 Å². The zero-order valence-electron chi connectivity index (χ0n) is 8.83. The standard InChI is InChI=1S/C9H9F4N3O2/c10-8(11)9(12,13)3-16-6-5(14)1-4(2-15-6)7(17)18/h1-2,8H,3,14H2,(H,15,16)(H,17,18). The summed E-state index contributed by atoms with van der Waals surface area (Å²) >= 11 is 0. The van der Waals surface area contributed by atoms with Gasteiger partial charge >= 0.3 is 18.3 Å². The van der Waals surface area contributed by atoms with E-state index in [1.165, 1.54) is 0 Å². The molecule has 0 aliphatic heterocycles. The Morgan fingerprint density at radius 2 is 2.17 bits per heavy atom. The molecule has 0 aromatic carbocycles. The number of pyridine rings is 1. The first kappa shape index (κ1) is 14.0. The number of nitrogens with two attached hydrogens (primary N) is 1. The largest absolute Gasteiger partial charge is 0.478 e. The lowest BCUT2D eigenvalue weighted by atomic mass is 10.2. The van der Waals surface area contributed by atoms with Gasteiger partial charge in [0, 0.05) is 6.20 Å². The van der Waals surface area contributed by atoms with Gasteiger partial charge in [-0.1, -0.05) is 0 Å². The number of carboxylic acids is 1. The van der Waals surface area contributed by atoms with Gasteiger partial charge in [-0.3, -0.25) is 0 Å². The Morgan fingerprint density at radius 1 is 1.56 bits per heavy atom. The number of aromatic nitrogens is 1. The number of hydrogen-bond donors (Lipinski definition) is 3. The number of halogens is 4. The second kappa shape index (κ2) is 5.07. The molecule has 0 atom stereocenters. The summed E-state index contributed by atoms with van der Waals surface area (Å²) in [5.41, 5.74) is 4.88. The normalized spacial score (nSPS) is 11.6. The van der Waals surface area contributed by atoms with Crippen LogP contribution >= 0.6 is 0 Å². The molecule has 100 valence electrons. The molecule has 0 bridgehead atoms. The van der Waals surface area contributed by atoms with Crippen molar-refractivity contribution in [1.82, 2.24) is 4.98 Å². The van der Waals surface area contributed by atoms with Crippen molar-refractivity contribution in [2.45, 2.75) is 12.3 Å². The first-order chi connectivity index (χ1) is 8.24. The highest BCUT2D eigenvalue weighted by molar-refractivity contribution is 5.89. The fraction of sp³-hybridized carbons (Fsp3) is 0.333. The second-order valence-electron chi connectivity index (χ2n) is 3.38. The number of hydrogen-bond acceptors (Lipinski definition) is 4. The van der Waals surface area contributed by atoms with Crippen molar-refractivity contribution in [2.24, 2.45) is 0 Å². The molecule has 0 saturated carbocycles. The summed E-state index contributed by atoms with van der Waals surface area (Å²) in [6.45, 7) is -1.35. The third-order valence-electron chi connectivity index (χ3n) is 1.97. The summed E-state index contributed by atoms with van der Waals surface area (Å²) in [6.07, 6.45) is -2.94. The van der Waals surface area contributed by atoms with Crippen molar-refractivity contribution in [1.29, 1.82) is 0 Å². The van der Waals surface area contributed by atoms with Crippen LogP contribution in [-0.4, -0.2) is 35.0 Å². The monoisotopic (exact) mass is 267 g/mol. The predicted octanol–water partition coefficient (Wildman–Crippen LogP) is 1.67. The summed E-state index contributed by atoms with van der Waals surface area (Å²) < 4.78 is 48.9. The van der Waals surface area contributed by atoms with Crippen LogP contribution in [0, 0.1) is 0 Å². The van der Waals surface area contributed by atoms with Crippen molar-refractivity contribution in [3.05, 3.63) is 17.8 Å². The van der Waals surface area contributed by atoms with Crippen LogP contribution in [0.1, 0.15) is 10.4 Å². The lowest BCUT2D eigenvalue weighted by Gasteiger charge is -2.16. The highest BCUT2D eigenvalue weighted by Gasteiger charge is 2.40. The molecule has 0 aliphatic rings. The van der Waals surface area contributed by atoms with Crippen LogP contribution < -0.4 is 11.1 Å². The third kappa shape index (κ3) is 3.22. The summed E-state index contributed by atoms with van der Waals surface area (Å²) in [7, 11) is 0. The predicted molar refractivity (Wildman–Crippen MR) is 55.0 cm³/mol. The van der Waals surface area contributed by atoms with Crippen molar-refractivity contribution in [3.63, 3.8) is 0 Å². The number of rotatable bonds is 5.